The molecule has 3 aliphatic heterocycles. The van der Waals surface area contributed by atoms with Crippen LogP contribution >= 0.6 is 0 Å². The van der Waals surface area contributed by atoms with E-state index < -0.39 is 0 Å². The van der Waals surface area contributed by atoms with Gasteiger partial charge in [0.05, 0.1) is 0 Å². The number of nitrogens with zero attached hydrogens (tertiary/aromatic N) is 3. The second kappa shape index (κ2) is 10.2. The van der Waals surface area contributed by atoms with Crippen molar-refractivity contribution in [2.45, 2.75) is 51.6 Å². The van der Waals surface area contributed by atoms with E-state index in [2.05, 4.69) is 46.6 Å². The standard InChI is InChI=1S/C28H36N4O2/c1-21(33)31-17-11-25(12-18-31)29-26-8-7-23-10-16-32(28(34)27(23)19-26)14-4-13-30-15-9-22-5-2-3-6-24(22)20-30/h2-3,5-8,19,25,29H,4,9-18,20H2,1H3. The lowest BCUT2D eigenvalue weighted by atomic mass is 9.97. The number of benzene rings is 2. The van der Waals surface area contributed by atoms with Crippen molar-refractivity contribution in [3.8, 4) is 0 Å². The molecule has 0 aliphatic carbocycles. The first-order chi connectivity index (χ1) is 16.6. The van der Waals surface area contributed by atoms with E-state index in [-0.39, 0.29) is 11.8 Å². The molecule has 1 saturated heterocycles. The summed E-state index contributed by atoms with van der Waals surface area (Å²) in [7, 11) is 0. The predicted octanol–water partition coefficient (Wildman–Crippen LogP) is 3.56. The number of carbonyl (C=O) groups excluding carboxylic acids is 2. The Labute approximate surface area is 202 Å². The Morgan fingerprint density at radius 3 is 2.50 bits per heavy atom. The van der Waals surface area contributed by atoms with Gasteiger partial charge in [-0.05, 0) is 60.9 Å². The maximum absolute atomic E-state index is 13.3. The van der Waals surface area contributed by atoms with E-state index in [0.29, 0.717) is 6.04 Å². The van der Waals surface area contributed by atoms with Crippen LogP contribution < -0.4 is 5.32 Å². The zero-order valence-corrected chi connectivity index (χ0v) is 20.3. The molecule has 2 aromatic rings. The minimum absolute atomic E-state index is 0.156. The van der Waals surface area contributed by atoms with Crippen molar-refractivity contribution in [2.24, 2.45) is 0 Å². The number of carbonyl (C=O) groups is 2. The Kier molecular flexibility index (Phi) is 6.86. The summed E-state index contributed by atoms with van der Waals surface area (Å²) in [6.45, 7) is 8.02. The lowest BCUT2D eigenvalue weighted by molar-refractivity contribution is -0.129. The molecule has 3 aliphatic rings. The number of hydrogen-bond donors (Lipinski definition) is 1. The van der Waals surface area contributed by atoms with Crippen molar-refractivity contribution in [3.05, 3.63) is 64.7 Å². The van der Waals surface area contributed by atoms with Crippen molar-refractivity contribution in [1.82, 2.24) is 14.7 Å². The molecule has 0 aromatic heterocycles. The van der Waals surface area contributed by atoms with E-state index in [4.69, 9.17) is 0 Å². The maximum Gasteiger partial charge on any atom is 0.254 e. The SMILES string of the molecule is CC(=O)N1CCC(Nc2ccc3c(c2)C(=O)N(CCCN2CCc4ccccc4C2)CC3)CC1. The topological polar surface area (TPSA) is 55.9 Å². The second-order valence-electron chi connectivity index (χ2n) is 9.99. The molecule has 1 fully saturated rings. The number of likely N-dealkylation sites (tertiary alicyclic amines) is 1. The number of hydrogen-bond acceptors (Lipinski definition) is 4. The molecule has 3 heterocycles. The third-order valence-corrected chi connectivity index (χ3v) is 7.70. The van der Waals surface area contributed by atoms with Gasteiger partial charge in [0.1, 0.15) is 0 Å². The van der Waals surface area contributed by atoms with Crippen LogP contribution in [0.1, 0.15) is 53.2 Å². The lowest BCUT2D eigenvalue weighted by Gasteiger charge is -2.33. The number of piperidine rings is 1. The Bertz CT molecular complexity index is 1040. The van der Waals surface area contributed by atoms with Crippen LogP contribution in [0, 0.1) is 0 Å². The lowest BCUT2D eigenvalue weighted by Crippen LogP contribution is -2.41. The summed E-state index contributed by atoms with van der Waals surface area (Å²) in [6.07, 6.45) is 4.94. The fourth-order valence-corrected chi connectivity index (χ4v) is 5.63. The fourth-order valence-electron chi connectivity index (χ4n) is 5.63. The molecular weight excluding hydrogens is 424 g/mol. The molecule has 5 rings (SSSR count). The van der Waals surface area contributed by atoms with Gasteiger partial charge in [-0.3, -0.25) is 14.5 Å². The fraction of sp³-hybridized carbons (Fsp3) is 0.500. The average molecular weight is 461 g/mol. The van der Waals surface area contributed by atoms with Crippen molar-refractivity contribution in [3.63, 3.8) is 0 Å². The highest BCUT2D eigenvalue weighted by Crippen LogP contribution is 2.25. The van der Waals surface area contributed by atoms with Crippen LogP contribution in [0.15, 0.2) is 42.5 Å². The van der Waals surface area contributed by atoms with Gasteiger partial charge in [0.2, 0.25) is 5.91 Å². The number of nitrogens with one attached hydrogen (secondary N) is 1. The van der Waals surface area contributed by atoms with Crippen LogP contribution in [0.3, 0.4) is 0 Å². The molecule has 0 radical (unpaired) electrons. The molecule has 6 heteroatoms. The summed E-state index contributed by atoms with van der Waals surface area (Å²) in [5.74, 6) is 0.323. The molecule has 2 aromatic carbocycles. The van der Waals surface area contributed by atoms with Gasteiger partial charge < -0.3 is 15.1 Å². The minimum Gasteiger partial charge on any atom is -0.382 e. The zero-order chi connectivity index (χ0) is 23.5. The third-order valence-electron chi connectivity index (χ3n) is 7.70. The van der Waals surface area contributed by atoms with Crippen molar-refractivity contribution >= 4 is 17.5 Å². The van der Waals surface area contributed by atoms with Crippen molar-refractivity contribution < 1.29 is 9.59 Å². The summed E-state index contributed by atoms with van der Waals surface area (Å²) >= 11 is 0. The molecule has 34 heavy (non-hydrogen) atoms. The molecule has 0 saturated carbocycles. The normalized spacial score (nSPS) is 19.0. The van der Waals surface area contributed by atoms with Gasteiger partial charge in [0, 0.05) is 70.0 Å². The summed E-state index contributed by atoms with van der Waals surface area (Å²) < 4.78 is 0. The van der Waals surface area contributed by atoms with E-state index in [0.717, 1.165) is 94.7 Å². The first kappa shape index (κ1) is 22.9. The first-order valence-electron chi connectivity index (χ1n) is 12.8. The van der Waals surface area contributed by atoms with Gasteiger partial charge in [-0.25, -0.2) is 0 Å². The summed E-state index contributed by atoms with van der Waals surface area (Å²) in [5, 5.41) is 3.60. The first-order valence-corrected chi connectivity index (χ1v) is 12.8. The van der Waals surface area contributed by atoms with Crippen molar-refractivity contribution in [1.29, 1.82) is 0 Å². The molecule has 2 amide bonds. The Balaban J connectivity index is 1.13. The zero-order valence-electron chi connectivity index (χ0n) is 20.3. The Hall–Kier alpha value is -2.86. The monoisotopic (exact) mass is 460 g/mol. The van der Waals surface area contributed by atoms with Crippen LogP contribution in [0.4, 0.5) is 5.69 Å². The molecule has 1 N–H and O–H groups in total. The van der Waals surface area contributed by atoms with E-state index in [1.165, 1.54) is 11.1 Å². The predicted molar refractivity (Wildman–Crippen MR) is 135 cm³/mol. The summed E-state index contributed by atoms with van der Waals surface area (Å²) in [6, 6.07) is 15.4. The van der Waals surface area contributed by atoms with Crippen LogP contribution in [-0.2, 0) is 24.2 Å². The van der Waals surface area contributed by atoms with Crippen LogP contribution in [0.5, 0.6) is 0 Å². The highest BCUT2D eigenvalue weighted by Gasteiger charge is 2.26. The summed E-state index contributed by atoms with van der Waals surface area (Å²) in [5.41, 5.74) is 5.96. The highest BCUT2D eigenvalue weighted by atomic mass is 16.2. The van der Waals surface area contributed by atoms with Gasteiger partial charge in [0.15, 0.2) is 0 Å². The largest absolute Gasteiger partial charge is 0.382 e. The number of anilines is 1. The average Bonchev–Trinajstić information content (AvgIpc) is 2.86. The van der Waals surface area contributed by atoms with Crippen LogP contribution in [0.2, 0.25) is 0 Å². The Morgan fingerprint density at radius 2 is 1.71 bits per heavy atom. The molecule has 180 valence electrons. The van der Waals surface area contributed by atoms with Gasteiger partial charge in [-0.1, -0.05) is 30.3 Å². The van der Waals surface area contributed by atoms with Gasteiger partial charge in [-0.15, -0.1) is 0 Å². The van der Waals surface area contributed by atoms with E-state index in [9.17, 15) is 9.59 Å². The number of fused-ring (bicyclic) bond motifs is 2. The van der Waals surface area contributed by atoms with Gasteiger partial charge in [0.25, 0.3) is 5.91 Å². The minimum atomic E-state index is 0.156. The second-order valence-corrected chi connectivity index (χ2v) is 9.99. The molecular formula is C28H36N4O2. The highest BCUT2D eigenvalue weighted by molar-refractivity contribution is 5.97. The smallest absolute Gasteiger partial charge is 0.254 e. The molecule has 0 atom stereocenters. The molecule has 6 nitrogen and oxygen atoms in total. The third kappa shape index (κ3) is 5.12. The van der Waals surface area contributed by atoms with E-state index in [1.807, 2.05) is 15.9 Å². The van der Waals surface area contributed by atoms with E-state index in [1.54, 1.807) is 6.92 Å². The van der Waals surface area contributed by atoms with Crippen LogP contribution in [-0.4, -0.2) is 71.8 Å². The van der Waals surface area contributed by atoms with Gasteiger partial charge >= 0.3 is 0 Å². The van der Waals surface area contributed by atoms with Crippen molar-refractivity contribution in [2.75, 3.05) is 44.6 Å². The quantitative estimate of drug-likeness (QED) is 0.716. The molecule has 0 bridgehead atoms. The van der Waals surface area contributed by atoms with Crippen LogP contribution in [0.25, 0.3) is 0 Å². The molecule has 0 unspecified atom stereocenters. The maximum atomic E-state index is 13.3. The molecule has 0 spiro atoms. The van der Waals surface area contributed by atoms with Gasteiger partial charge in [-0.2, -0.15) is 0 Å². The summed E-state index contributed by atoms with van der Waals surface area (Å²) in [4.78, 5) is 31.3. The number of rotatable bonds is 6. The van der Waals surface area contributed by atoms with E-state index >= 15 is 0 Å². The Morgan fingerprint density at radius 1 is 0.941 bits per heavy atom. The number of amides is 2.